The van der Waals surface area contributed by atoms with Gasteiger partial charge in [0.15, 0.2) is 5.82 Å². The molecule has 0 aliphatic carbocycles. The largest absolute Gasteiger partial charge is 0.462 e. The molecule has 21 heavy (non-hydrogen) atoms. The Labute approximate surface area is 121 Å². The van der Waals surface area contributed by atoms with Crippen LogP contribution in [-0.2, 0) is 4.74 Å². The Bertz CT molecular complexity index is 808. The summed E-state index contributed by atoms with van der Waals surface area (Å²) in [7, 11) is 0. The average Bonchev–Trinajstić information content (AvgIpc) is 2.88. The number of benzene rings is 2. The second-order valence-corrected chi connectivity index (χ2v) is 4.67. The van der Waals surface area contributed by atoms with E-state index < -0.39 is 0 Å². The molecular weight excluding hydrogens is 266 g/mol. The van der Waals surface area contributed by atoms with E-state index >= 15 is 0 Å². The van der Waals surface area contributed by atoms with Crippen molar-refractivity contribution >= 4 is 22.7 Å². The summed E-state index contributed by atoms with van der Waals surface area (Å²) in [6.45, 7) is 2.15. The number of nitrogen functional groups attached to an aromatic ring is 1. The van der Waals surface area contributed by atoms with Crippen LogP contribution in [0.15, 0.2) is 42.5 Å². The molecule has 3 N–H and O–H groups in total. The van der Waals surface area contributed by atoms with Gasteiger partial charge in [-0.3, -0.25) is 5.10 Å². The zero-order chi connectivity index (χ0) is 14.8. The summed E-state index contributed by atoms with van der Waals surface area (Å²) in [4.78, 5) is 11.8. The summed E-state index contributed by atoms with van der Waals surface area (Å²) in [5.41, 5.74) is 9.09. The highest BCUT2D eigenvalue weighted by molar-refractivity contribution is 5.93. The molecule has 0 saturated heterocycles. The third-order valence-electron chi connectivity index (χ3n) is 3.30. The molecule has 1 aromatic heterocycles. The Kier molecular flexibility index (Phi) is 3.31. The molecule has 0 spiro atoms. The van der Waals surface area contributed by atoms with Crippen LogP contribution >= 0.6 is 0 Å². The molecule has 5 nitrogen and oxygen atoms in total. The summed E-state index contributed by atoms with van der Waals surface area (Å²) < 4.78 is 5.02. The average molecular weight is 281 g/mol. The fourth-order valence-corrected chi connectivity index (χ4v) is 2.26. The number of nitrogens with zero attached hydrogens (tertiary/aromatic N) is 1. The molecule has 0 aliphatic heterocycles. The van der Waals surface area contributed by atoms with Gasteiger partial charge in [-0.05, 0) is 42.3 Å². The first kappa shape index (κ1) is 13.2. The SMILES string of the molecule is CCOC(=O)c1cccc(-c2ccc3c(N)n[nH]c3c2)c1. The van der Waals surface area contributed by atoms with Gasteiger partial charge in [0.25, 0.3) is 0 Å². The highest BCUT2D eigenvalue weighted by atomic mass is 16.5. The van der Waals surface area contributed by atoms with Gasteiger partial charge in [-0.2, -0.15) is 5.10 Å². The molecule has 1 heterocycles. The standard InChI is InChI=1S/C16H15N3O2/c1-2-21-16(20)12-5-3-4-10(8-12)11-6-7-13-14(9-11)18-19-15(13)17/h3-9H,2H2,1H3,(H3,17,18,19). The summed E-state index contributed by atoms with van der Waals surface area (Å²) in [6.07, 6.45) is 0. The van der Waals surface area contributed by atoms with Crippen molar-refractivity contribution in [3.05, 3.63) is 48.0 Å². The predicted octanol–water partition coefficient (Wildman–Crippen LogP) is 2.99. The third kappa shape index (κ3) is 2.45. The number of hydrogen-bond donors (Lipinski definition) is 2. The maximum Gasteiger partial charge on any atom is 0.338 e. The van der Waals surface area contributed by atoms with Crippen molar-refractivity contribution in [3.8, 4) is 11.1 Å². The third-order valence-corrected chi connectivity index (χ3v) is 3.30. The van der Waals surface area contributed by atoms with Crippen LogP contribution in [0, 0.1) is 0 Å². The minimum Gasteiger partial charge on any atom is -0.462 e. The number of anilines is 1. The van der Waals surface area contributed by atoms with E-state index in [1.807, 2.05) is 36.4 Å². The zero-order valence-corrected chi connectivity index (χ0v) is 11.6. The lowest BCUT2D eigenvalue weighted by Crippen LogP contribution is -2.04. The first-order valence-corrected chi connectivity index (χ1v) is 6.70. The molecule has 0 aliphatic rings. The number of carbonyl (C=O) groups excluding carboxylic acids is 1. The van der Waals surface area contributed by atoms with E-state index in [9.17, 15) is 4.79 Å². The number of aromatic amines is 1. The van der Waals surface area contributed by atoms with Crippen LogP contribution in [0.2, 0.25) is 0 Å². The maximum atomic E-state index is 11.8. The maximum absolute atomic E-state index is 11.8. The molecular formula is C16H15N3O2. The van der Waals surface area contributed by atoms with Gasteiger partial charge in [-0.15, -0.1) is 0 Å². The van der Waals surface area contributed by atoms with E-state index in [1.54, 1.807) is 13.0 Å². The molecule has 3 aromatic rings. The summed E-state index contributed by atoms with van der Waals surface area (Å²) in [6, 6.07) is 13.2. The smallest absolute Gasteiger partial charge is 0.338 e. The van der Waals surface area contributed by atoms with Crippen LogP contribution in [0.1, 0.15) is 17.3 Å². The van der Waals surface area contributed by atoms with E-state index in [4.69, 9.17) is 10.5 Å². The van der Waals surface area contributed by atoms with Crippen molar-refractivity contribution < 1.29 is 9.53 Å². The molecule has 0 amide bonds. The van der Waals surface area contributed by atoms with Crippen molar-refractivity contribution in [3.63, 3.8) is 0 Å². The Morgan fingerprint density at radius 2 is 2.05 bits per heavy atom. The molecule has 3 rings (SSSR count). The lowest BCUT2D eigenvalue weighted by Gasteiger charge is -2.05. The Hall–Kier alpha value is -2.82. The summed E-state index contributed by atoms with van der Waals surface area (Å²) in [5, 5.41) is 7.76. The van der Waals surface area contributed by atoms with Crippen molar-refractivity contribution in [2.75, 3.05) is 12.3 Å². The Morgan fingerprint density at radius 1 is 1.24 bits per heavy atom. The number of aromatic nitrogens is 2. The van der Waals surface area contributed by atoms with Gasteiger partial charge in [-0.25, -0.2) is 4.79 Å². The molecule has 0 bridgehead atoms. The van der Waals surface area contributed by atoms with E-state index in [0.29, 0.717) is 18.0 Å². The molecule has 106 valence electrons. The lowest BCUT2D eigenvalue weighted by molar-refractivity contribution is 0.0526. The fourth-order valence-electron chi connectivity index (χ4n) is 2.26. The molecule has 0 unspecified atom stereocenters. The van der Waals surface area contributed by atoms with E-state index in [0.717, 1.165) is 22.0 Å². The van der Waals surface area contributed by atoms with Crippen LogP contribution < -0.4 is 5.73 Å². The molecule has 5 heteroatoms. The van der Waals surface area contributed by atoms with Gasteiger partial charge < -0.3 is 10.5 Å². The molecule has 0 radical (unpaired) electrons. The van der Waals surface area contributed by atoms with Gasteiger partial charge >= 0.3 is 5.97 Å². The van der Waals surface area contributed by atoms with Crippen LogP contribution in [0.5, 0.6) is 0 Å². The Morgan fingerprint density at radius 3 is 2.86 bits per heavy atom. The van der Waals surface area contributed by atoms with E-state index in [2.05, 4.69) is 10.2 Å². The monoisotopic (exact) mass is 281 g/mol. The normalized spacial score (nSPS) is 10.7. The predicted molar refractivity (Wildman–Crippen MR) is 81.9 cm³/mol. The second-order valence-electron chi connectivity index (χ2n) is 4.67. The minimum absolute atomic E-state index is 0.314. The van der Waals surface area contributed by atoms with Crippen LogP contribution in [0.4, 0.5) is 5.82 Å². The van der Waals surface area contributed by atoms with E-state index in [1.165, 1.54) is 0 Å². The van der Waals surface area contributed by atoms with Crippen LogP contribution in [0.3, 0.4) is 0 Å². The number of rotatable bonds is 3. The summed E-state index contributed by atoms with van der Waals surface area (Å²) >= 11 is 0. The zero-order valence-electron chi connectivity index (χ0n) is 11.6. The van der Waals surface area contributed by atoms with Gasteiger partial charge in [0.2, 0.25) is 0 Å². The quantitative estimate of drug-likeness (QED) is 0.723. The van der Waals surface area contributed by atoms with Crippen molar-refractivity contribution in [1.29, 1.82) is 0 Å². The van der Waals surface area contributed by atoms with Crippen molar-refractivity contribution in [2.24, 2.45) is 0 Å². The van der Waals surface area contributed by atoms with E-state index in [-0.39, 0.29) is 5.97 Å². The topological polar surface area (TPSA) is 81.0 Å². The number of fused-ring (bicyclic) bond motifs is 1. The highest BCUT2D eigenvalue weighted by Crippen LogP contribution is 2.26. The number of H-pyrrole nitrogens is 1. The Balaban J connectivity index is 2.01. The first-order valence-electron chi connectivity index (χ1n) is 6.70. The molecule has 0 atom stereocenters. The minimum atomic E-state index is -0.314. The highest BCUT2D eigenvalue weighted by Gasteiger charge is 2.09. The fraction of sp³-hybridized carbons (Fsp3) is 0.125. The number of hydrogen-bond acceptors (Lipinski definition) is 4. The van der Waals surface area contributed by atoms with Crippen molar-refractivity contribution in [2.45, 2.75) is 6.92 Å². The first-order chi connectivity index (χ1) is 10.2. The number of nitrogens with two attached hydrogens (primary N) is 1. The van der Waals surface area contributed by atoms with Gasteiger partial charge in [0, 0.05) is 5.39 Å². The van der Waals surface area contributed by atoms with Gasteiger partial charge in [0.1, 0.15) is 0 Å². The number of ether oxygens (including phenoxy) is 1. The van der Waals surface area contributed by atoms with Crippen molar-refractivity contribution in [1.82, 2.24) is 10.2 Å². The molecule has 0 fully saturated rings. The van der Waals surface area contributed by atoms with Gasteiger partial charge in [0.05, 0.1) is 17.7 Å². The lowest BCUT2D eigenvalue weighted by atomic mass is 10.0. The van der Waals surface area contributed by atoms with Gasteiger partial charge in [-0.1, -0.05) is 18.2 Å². The van der Waals surface area contributed by atoms with Crippen LogP contribution in [-0.4, -0.2) is 22.8 Å². The molecule has 0 saturated carbocycles. The van der Waals surface area contributed by atoms with Crippen LogP contribution in [0.25, 0.3) is 22.0 Å². The number of esters is 1. The summed E-state index contributed by atoms with van der Waals surface area (Å²) in [5.74, 6) is 0.169. The number of carbonyl (C=O) groups is 1. The number of nitrogens with one attached hydrogen (secondary N) is 1. The molecule has 2 aromatic carbocycles. The second kappa shape index (κ2) is 5.28.